The molecule has 0 heterocycles. The summed E-state index contributed by atoms with van der Waals surface area (Å²) in [7, 11) is -3.01. The molecule has 0 radical (unpaired) electrons. The summed E-state index contributed by atoms with van der Waals surface area (Å²) in [4.78, 5) is 0. The third kappa shape index (κ3) is 3.99. The highest BCUT2D eigenvalue weighted by molar-refractivity contribution is 7.91. The first-order valence-corrected chi connectivity index (χ1v) is 10.4. The predicted molar refractivity (Wildman–Crippen MR) is 84.0 cm³/mol. The van der Waals surface area contributed by atoms with Gasteiger partial charge in [-0.15, -0.1) is 0 Å². The molecule has 0 aromatic heterocycles. The minimum atomic E-state index is -3.01. The maximum Gasteiger partial charge on any atom is 0.150 e. The van der Waals surface area contributed by atoms with Gasteiger partial charge in [-0.05, 0) is 44.9 Å². The van der Waals surface area contributed by atoms with Crippen molar-refractivity contribution in [2.75, 3.05) is 12.9 Å². The minimum absolute atomic E-state index is 0.0584. The first kappa shape index (κ1) is 17.2. The van der Waals surface area contributed by atoms with Crippen molar-refractivity contribution in [3.8, 4) is 0 Å². The molecule has 1 N–H and O–H groups in total. The van der Waals surface area contributed by atoms with Crippen LogP contribution in [0.1, 0.15) is 64.7 Å². The van der Waals surface area contributed by atoms with Crippen molar-refractivity contribution in [3.63, 3.8) is 0 Å². The zero-order valence-corrected chi connectivity index (χ0v) is 14.2. The van der Waals surface area contributed by atoms with Crippen molar-refractivity contribution in [2.24, 2.45) is 5.92 Å². The average molecular weight is 318 g/mol. The molecule has 2 saturated carbocycles. The first-order valence-electron chi connectivity index (χ1n) is 8.40. The molecule has 0 aromatic rings. The van der Waals surface area contributed by atoms with E-state index in [1.54, 1.807) is 0 Å². The van der Waals surface area contributed by atoms with E-state index in [-0.39, 0.29) is 11.2 Å². The molecule has 3 unspecified atom stereocenters. The molecule has 2 fully saturated rings. The van der Waals surface area contributed by atoms with E-state index in [4.69, 9.17) is 4.74 Å². The molecule has 2 rings (SSSR count). The predicted octanol–water partition coefficient (Wildman–Crippen LogP) is 2.69. The monoisotopic (exact) mass is 318 g/mol. The van der Waals surface area contributed by atoms with Gasteiger partial charge in [-0.3, -0.25) is 0 Å². The molecule has 4 nitrogen and oxygen atoms in total. The molecule has 124 valence electrons. The molecular weight excluding hydrogens is 288 g/mol. The van der Waals surface area contributed by atoms with Crippen LogP contribution >= 0.6 is 0 Å². The van der Waals surface area contributed by atoms with E-state index in [0.29, 0.717) is 13.0 Å². The first-order chi connectivity index (χ1) is 9.89. The number of hydrogen-bond donors (Lipinski definition) is 1. The van der Waals surface area contributed by atoms with E-state index in [2.05, 4.69) is 0 Å². The highest BCUT2D eigenvalue weighted by Gasteiger charge is 2.45. The third-order valence-corrected chi connectivity index (χ3v) is 7.03. The van der Waals surface area contributed by atoms with Gasteiger partial charge in [0.05, 0.1) is 17.0 Å². The van der Waals surface area contributed by atoms with Gasteiger partial charge >= 0.3 is 0 Å². The maximum atomic E-state index is 11.8. The zero-order chi connectivity index (χ0) is 15.5. The van der Waals surface area contributed by atoms with Crippen LogP contribution in [0, 0.1) is 5.92 Å². The molecule has 3 atom stereocenters. The lowest BCUT2D eigenvalue weighted by atomic mass is 9.72. The van der Waals surface area contributed by atoms with Crippen molar-refractivity contribution in [3.05, 3.63) is 0 Å². The summed E-state index contributed by atoms with van der Waals surface area (Å²) >= 11 is 0. The lowest BCUT2D eigenvalue weighted by Gasteiger charge is -2.45. The second-order valence-corrected chi connectivity index (χ2v) is 9.21. The minimum Gasteiger partial charge on any atom is -0.390 e. The normalized spacial score (nSPS) is 31.8. The van der Waals surface area contributed by atoms with Gasteiger partial charge in [0.1, 0.15) is 9.84 Å². The molecule has 0 spiro atoms. The summed E-state index contributed by atoms with van der Waals surface area (Å²) in [5.41, 5.74) is -0.433. The Morgan fingerprint density at radius 3 is 2.43 bits per heavy atom. The molecule has 2 aliphatic rings. The molecule has 0 aromatic carbocycles. The SMILES string of the molecule is CCOC1(C(O)C2CCCC(S(C)(=O)=O)C2)CCCCC1. The van der Waals surface area contributed by atoms with Crippen LogP contribution in [0.25, 0.3) is 0 Å². The fourth-order valence-electron chi connectivity index (χ4n) is 4.25. The second kappa shape index (κ2) is 6.97. The van der Waals surface area contributed by atoms with Crippen molar-refractivity contribution < 1.29 is 18.3 Å². The Morgan fingerprint density at radius 1 is 1.19 bits per heavy atom. The van der Waals surface area contributed by atoms with E-state index in [0.717, 1.165) is 44.9 Å². The second-order valence-electron chi connectivity index (χ2n) is 6.88. The Labute approximate surface area is 129 Å². The van der Waals surface area contributed by atoms with Crippen molar-refractivity contribution in [2.45, 2.75) is 81.7 Å². The van der Waals surface area contributed by atoms with Crippen LogP contribution < -0.4 is 0 Å². The number of hydrogen-bond acceptors (Lipinski definition) is 4. The van der Waals surface area contributed by atoms with Gasteiger partial charge in [-0.1, -0.05) is 25.7 Å². The summed E-state index contributed by atoms with van der Waals surface area (Å²) in [6, 6.07) is 0. The van der Waals surface area contributed by atoms with Crippen LogP contribution in [-0.4, -0.2) is 43.3 Å². The highest BCUT2D eigenvalue weighted by atomic mass is 32.2. The molecule has 2 aliphatic carbocycles. The van der Waals surface area contributed by atoms with Gasteiger partial charge in [0.2, 0.25) is 0 Å². The molecular formula is C16H30O4S. The van der Waals surface area contributed by atoms with Crippen molar-refractivity contribution >= 4 is 9.84 Å². The third-order valence-electron chi connectivity index (χ3n) is 5.39. The summed E-state index contributed by atoms with van der Waals surface area (Å²) in [6.45, 7) is 2.59. The van der Waals surface area contributed by atoms with Crippen LogP contribution in [0.5, 0.6) is 0 Å². The number of aliphatic hydroxyl groups excluding tert-OH is 1. The Morgan fingerprint density at radius 2 is 1.86 bits per heavy atom. The Hall–Kier alpha value is -0.130. The van der Waals surface area contributed by atoms with Gasteiger partial charge in [0, 0.05) is 12.9 Å². The fourth-order valence-corrected chi connectivity index (χ4v) is 5.44. The summed E-state index contributed by atoms with van der Waals surface area (Å²) < 4.78 is 29.7. The quantitative estimate of drug-likeness (QED) is 0.846. The number of sulfone groups is 1. The number of ether oxygens (including phenoxy) is 1. The van der Waals surface area contributed by atoms with Gasteiger partial charge in [0.25, 0.3) is 0 Å². The van der Waals surface area contributed by atoms with Crippen LogP contribution in [-0.2, 0) is 14.6 Å². The van der Waals surface area contributed by atoms with E-state index in [9.17, 15) is 13.5 Å². The molecule has 0 amide bonds. The Balaban J connectivity index is 2.11. The average Bonchev–Trinajstić information content (AvgIpc) is 2.47. The van der Waals surface area contributed by atoms with Crippen LogP contribution in [0.3, 0.4) is 0 Å². The summed E-state index contributed by atoms with van der Waals surface area (Å²) in [6.07, 6.45) is 9.15. The van der Waals surface area contributed by atoms with E-state index < -0.39 is 21.5 Å². The lowest BCUT2D eigenvalue weighted by Crippen LogP contribution is -2.51. The van der Waals surface area contributed by atoms with Crippen LogP contribution in [0.15, 0.2) is 0 Å². The van der Waals surface area contributed by atoms with Gasteiger partial charge in [0.15, 0.2) is 0 Å². The van der Waals surface area contributed by atoms with E-state index >= 15 is 0 Å². The molecule has 0 bridgehead atoms. The maximum absolute atomic E-state index is 11.8. The number of rotatable bonds is 5. The molecule has 21 heavy (non-hydrogen) atoms. The topological polar surface area (TPSA) is 63.6 Å². The zero-order valence-electron chi connectivity index (χ0n) is 13.4. The van der Waals surface area contributed by atoms with Crippen LogP contribution in [0.2, 0.25) is 0 Å². The standard InChI is InChI=1S/C16H30O4S/c1-3-20-16(10-5-4-6-11-16)15(17)13-8-7-9-14(12-13)21(2,18)19/h13-15,17H,3-12H2,1-2H3. The summed E-state index contributed by atoms with van der Waals surface area (Å²) in [5, 5.41) is 10.7. The summed E-state index contributed by atoms with van der Waals surface area (Å²) in [5.74, 6) is 0.0584. The lowest BCUT2D eigenvalue weighted by molar-refractivity contribution is -0.160. The smallest absolute Gasteiger partial charge is 0.150 e. The van der Waals surface area contributed by atoms with Crippen molar-refractivity contribution in [1.82, 2.24) is 0 Å². The highest BCUT2D eigenvalue weighted by Crippen LogP contribution is 2.41. The van der Waals surface area contributed by atoms with Gasteiger partial charge in [-0.2, -0.15) is 0 Å². The van der Waals surface area contributed by atoms with E-state index in [1.165, 1.54) is 12.7 Å². The number of aliphatic hydroxyl groups is 1. The Bertz CT molecular complexity index is 420. The van der Waals surface area contributed by atoms with E-state index in [1.807, 2.05) is 6.92 Å². The molecule has 5 heteroatoms. The van der Waals surface area contributed by atoms with Crippen LogP contribution in [0.4, 0.5) is 0 Å². The molecule has 0 saturated heterocycles. The van der Waals surface area contributed by atoms with Gasteiger partial charge < -0.3 is 9.84 Å². The largest absolute Gasteiger partial charge is 0.390 e. The molecule has 0 aliphatic heterocycles. The van der Waals surface area contributed by atoms with Gasteiger partial charge in [-0.25, -0.2) is 8.42 Å². The Kier molecular flexibility index (Phi) is 5.71. The van der Waals surface area contributed by atoms with Crippen molar-refractivity contribution in [1.29, 1.82) is 0 Å². The fraction of sp³-hybridized carbons (Fsp3) is 1.00.